The van der Waals surface area contributed by atoms with Crippen LogP contribution in [0.15, 0.2) is 0 Å². The van der Waals surface area contributed by atoms with Crippen LogP contribution in [-0.4, -0.2) is 149 Å². The third kappa shape index (κ3) is 22.1. The van der Waals surface area contributed by atoms with E-state index in [2.05, 4.69) is 10.1 Å². The maximum absolute atomic E-state index is 11.7. The van der Waals surface area contributed by atoms with Crippen LogP contribution in [0, 0.1) is 0 Å². The summed E-state index contributed by atoms with van der Waals surface area (Å²) in [5.41, 5.74) is 0. The van der Waals surface area contributed by atoms with Gasteiger partial charge < -0.3 is 52.7 Å². The molecule has 238 valence electrons. The number of Topliss-reactive ketones (excluding diaryl/α,β-unsaturated/α-hetero) is 2. The summed E-state index contributed by atoms with van der Waals surface area (Å²) < 4.78 is 52.3. The monoisotopic (exact) mass is 595 g/mol. The Hall–Kier alpha value is -2.24. The average molecular weight is 596 g/mol. The summed E-state index contributed by atoms with van der Waals surface area (Å²) in [5.74, 6) is -1.32. The topological polar surface area (TPSA) is 173 Å². The predicted octanol–water partition coefficient (Wildman–Crippen LogP) is -0.291. The van der Waals surface area contributed by atoms with Gasteiger partial charge in [-0.05, 0) is 0 Å². The molecule has 1 aliphatic rings. The summed E-state index contributed by atoms with van der Waals surface area (Å²) in [6.07, 6.45) is -1.49. The highest BCUT2D eigenvalue weighted by Crippen LogP contribution is 2.14. The van der Waals surface area contributed by atoms with Crippen molar-refractivity contribution < 1.29 is 66.5 Å². The van der Waals surface area contributed by atoms with Crippen molar-refractivity contribution in [1.82, 2.24) is 5.32 Å². The van der Waals surface area contributed by atoms with Gasteiger partial charge in [-0.3, -0.25) is 14.4 Å². The van der Waals surface area contributed by atoms with Crippen LogP contribution in [0.2, 0.25) is 0 Å². The lowest BCUT2D eigenvalue weighted by Gasteiger charge is -2.10. The number of methoxy groups -OCH3 is 1. The summed E-state index contributed by atoms with van der Waals surface area (Å²) in [6, 6.07) is 0. The smallest absolute Gasteiger partial charge is 0.406 e. The van der Waals surface area contributed by atoms with Gasteiger partial charge in [0.25, 0.3) is 0 Å². The molecule has 0 aromatic carbocycles. The molecule has 0 spiro atoms. The normalized spacial score (nSPS) is 13.6. The minimum Gasteiger partial charge on any atom is -0.453 e. The molecule has 0 heterocycles. The Morgan fingerprint density at radius 1 is 0.585 bits per heavy atom. The van der Waals surface area contributed by atoms with Gasteiger partial charge >= 0.3 is 12.1 Å². The summed E-state index contributed by atoms with van der Waals surface area (Å²) in [7, 11) is 1.30. The average Bonchev–Trinajstić information content (AvgIpc) is 3.28. The Morgan fingerprint density at radius 3 is 1.29 bits per heavy atom. The van der Waals surface area contributed by atoms with Crippen LogP contribution in [0.3, 0.4) is 0 Å². The standard InChI is InChI=1S/C26H45NO14/c1-32-26(31)27-5-7-34-9-11-36-13-15-38-17-19-40-21-20-39-18-16-37-14-12-35-10-8-33-6-4-24(30)41-25-22(28)2-3-23(25)29/h25H,2-21H2,1H3,(H,27,31). The van der Waals surface area contributed by atoms with Gasteiger partial charge in [0.1, 0.15) is 0 Å². The van der Waals surface area contributed by atoms with E-state index in [1.807, 2.05) is 0 Å². The largest absolute Gasteiger partial charge is 0.453 e. The highest BCUT2D eigenvalue weighted by molar-refractivity contribution is 6.12. The first-order valence-electron chi connectivity index (χ1n) is 13.7. The highest BCUT2D eigenvalue weighted by atomic mass is 16.6. The van der Waals surface area contributed by atoms with Gasteiger partial charge in [0.05, 0.1) is 119 Å². The Labute approximate surface area is 240 Å². The number of ether oxygens (including phenoxy) is 10. The maximum atomic E-state index is 11.7. The SMILES string of the molecule is COC(=O)NCCOCCOCCOCCOCCOCCOCCOCCOCCC(=O)OC1C(=O)CCC1=O. The quantitative estimate of drug-likeness (QED) is 0.0710. The van der Waals surface area contributed by atoms with Gasteiger partial charge in [-0.25, -0.2) is 4.79 Å². The minimum atomic E-state index is -1.23. The molecular formula is C26H45NO14. The van der Waals surface area contributed by atoms with E-state index in [9.17, 15) is 19.2 Å². The molecule has 0 atom stereocenters. The van der Waals surface area contributed by atoms with Crippen LogP contribution in [0.4, 0.5) is 4.79 Å². The minimum absolute atomic E-state index is 0.0340. The van der Waals surface area contributed by atoms with Gasteiger partial charge in [0, 0.05) is 19.4 Å². The van der Waals surface area contributed by atoms with Crippen molar-refractivity contribution in [2.45, 2.75) is 25.4 Å². The van der Waals surface area contributed by atoms with E-state index in [0.717, 1.165) is 0 Å². The fourth-order valence-electron chi connectivity index (χ4n) is 3.10. The number of amides is 1. The number of carbonyl (C=O) groups is 4. The van der Waals surface area contributed by atoms with Crippen molar-refractivity contribution in [3.05, 3.63) is 0 Å². The van der Waals surface area contributed by atoms with Crippen LogP contribution in [0.5, 0.6) is 0 Å². The molecule has 0 aromatic rings. The van der Waals surface area contributed by atoms with Crippen LogP contribution >= 0.6 is 0 Å². The molecule has 15 heteroatoms. The van der Waals surface area contributed by atoms with Gasteiger partial charge in [0.2, 0.25) is 6.10 Å². The molecule has 0 saturated heterocycles. The molecule has 0 bridgehead atoms. The summed E-state index contributed by atoms with van der Waals surface area (Å²) >= 11 is 0. The molecule has 0 aliphatic heterocycles. The van der Waals surface area contributed by atoms with Crippen molar-refractivity contribution >= 4 is 23.6 Å². The molecule has 1 amide bonds. The Kier molecular flexibility index (Phi) is 23.9. The number of hydrogen-bond acceptors (Lipinski definition) is 14. The Bertz CT molecular complexity index is 692. The second-order valence-corrected chi connectivity index (χ2v) is 8.37. The third-order valence-corrected chi connectivity index (χ3v) is 5.21. The second-order valence-electron chi connectivity index (χ2n) is 8.37. The lowest BCUT2D eigenvalue weighted by Crippen LogP contribution is -2.28. The first-order valence-corrected chi connectivity index (χ1v) is 13.7. The van der Waals surface area contributed by atoms with Crippen LogP contribution in [0.1, 0.15) is 19.3 Å². The third-order valence-electron chi connectivity index (χ3n) is 5.21. The Balaban J connectivity index is 1.68. The fraction of sp³-hybridized carbons (Fsp3) is 0.846. The lowest BCUT2D eigenvalue weighted by atomic mass is 10.3. The number of ketones is 2. The fourth-order valence-corrected chi connectivity index (χ4v) is 3.10. The van der Waals surface area contributed by atoms with Gasteiger partial charge in [-0.1, -0.05) is 0 Å². The van der Waals surface area contributed by atoms with E-state index in [1.54, 1.807) is 0 Å². The van der Waals surface area contributed by atoms with E-state index < -0.39 is 18.2 Å². The molecule has 0 radical (unpaired) electrons. The number of hydrogen-bond donors (Lipinski definition) is 1. The maximum Gasteiger partial charge on any atom is 0.406 e. The molecule has 1 aliphatic carbocycles. The van der Waals surface area contributed by atoms with Crippen molar-refractivity contribution in [2.24, 2.45) is 0 Å². The number of alkyl carbamates (subject to hydrolysis) is 1. The zero-order valence-electron chi connectivity index (χ0n) is 23.9. The van der Waals surface area contributed by atoms with E-state index in [1.165, 1.54) is 7.11 Å². The number of carbonyl (C=O) groups excluding carboxylic acids is 4. The van der Waals surface area contributed by atoms with E-state index in [-0.39, 0.29) is 37.4 Å². The van der Waals surface area contributed by atoms with Crippen LogP contribution in [0.25, 0.3) is 0 Å². The van der Waals surface area contributed by atoms with Crippen LogP contribution < -0.4 is 5.32 Å². The summed E-state index contributed by atoms with van der Waals surface area (Å²) in [4.78, 5) is 45.4. The first-order chi connectivity index (χ1) is 20.0. The predicted molar refractivity (Wildman–Crippen MR) is 141 cm³/mol. The zero-order chi connectivity index (χ0) is 29.8. The molecule has 0 unspecified atom stereocenters. The molecule has 1 fully saturated rings. The van der Waals surface area contributed by atoms with Gasteiger partial charge in [-0.15, -0.1) is 0 Å². The number of rotatable bonds is 28. The first kappa shape index (κ1) is 36.8. The van der Waals surface area contributed by atoms with Crippen molar-refractivity contribution in [2.75, 3.05) is 119 Å². The van der Waals surface area contributed by atoms with Crippen LogP contribution in [-0.2, 0) is 61.8 Å². The summed E-state index contributed by atoms with van der Waals surface area (Å²) in [5, 5.41) is 2.51. The van der Waals surface area contributed by atoms with Crippen molar-refractivity contribution in [3.8, 4) is 0 Å². The molecule has 41 heavy (non-hydrogen) atoms. The van der Waals surface area contributed by atoms with Crippen molar-refractivity contribution in [3.63, 3.8) is 0 Å². The molecule has 0 aromatic heterocycles. The lowest BCUT2D eigenvalue weighted by molar-refractivity contribution is -0.158. The van der Waals surface area contributed by atoms with E-state index >= 15 is 0 Å². The molecule has 1 N–H and O–H groups in total. The van der Waals surface area contributed by atoms with Gasteiger partial charge in [-0.2, -0.15) is 0 Å². The van der Waals surface area contributed by atoms with E-state index in [0.29, 0.717) is 106 Å². The zero-order valence-corrected chi connectivity index (χ0v) is 23.9. The van der Waals surface area contributed by atoms with E-state index in [4.69, 9.17) is 42.6 Å². The molecular weight excluding hydrogens is 550 g/mol. The number of nitrogens with one attached hydrogen (secondary N) is 1. The van der Waals surface area contributed by atoms with Crippen molar-refractivity contribution in [1.29, 1.82) is 0 Å². The molecule has 1 saturated carbocycles. The molecule has 1 rings (SSSR count). The Morgan fingerprint density at radius 2 is 0.927 bits per heavy atom. The highest BCUT2D eigenvalue weighted by Gasteiger charge is 2.35. The van der Waals surface area contributed by atoms with Gasteiger partial charge in [0.15, 0.2) is 11.6 Å². The second kappa shape index (κ2) is 26.6. The number of esters is 1. The molecule has 15 nitrogen and oxygen atoms in total. The summed E-state index contributed by atoms with van der Waals surface area (Å²) in [6.45, 7) is 6.86.